The Morgan fingerprint density at radius 1 is 1.40 bits per heavy atom. The van der Waals surface area contributed by atoms with Crippen LogP contribution in [-0.4, -0.2) is 51.7 Å². The molecule has 5 nitrogen and oxygen atoms in total. The van der Waals surface area contributed by atoms with E-state index in [4.69, 9.17) is 4.74 Å². The molecule has 1 aromatic rings. The first-order valence-corrected chi connectivity index (χ1v) is 8.65. The van der Waals surface area contributed by atoms with E-state index < -0.39 is 17.1 Å². The van der Waals surface area contributed by atoms with Crippen molar-refractivity contribution >= 4 is 18.2 Å². The second kappa shape index (κ2) is 5.22. The number of ketones is 1. The molecule has 25 heavy (non-hydrogen) atoms. The van der Waals surface area contributed by atoms with Crippen molar-refractivity contribution in [2.45, 2.75) is 48.8 Å². The zero-order valence-corrected chi connectivity index (χ0v) is 14.7. The number of benzene rings is 1. The smallest absolute Gasteiger partial charge is 0.174 e. The van der Waals surface area contributed by atoms with Gasteiger partial charge in [0.05, 0.1) is 11.0 Å². The molecule has 1 saturated heterocycles. The first kappa shape index (κ1) is 16.9. The SMILES string of the molecule is C=CCN1CC[C@]23c4c5ccc(O)c4O[C@@H]2C(=O)CC[C@@]3(O)[C@H]1C5.Cl. The summed E-state index contributed by atoms with van der Waals surface area (Å²) in [4.78, 5) is 14.9. The Hall–Kier alpha value is -1.56. The van der Waals surface area contributed by atoms with E-state index in [9.17, 15) is 15.0 Å². The fourth-order valence-electron chi connectivity index (χ4n) is 5.80. The van der Waals surface area contributed by atoms with Gasteiger partial charge in [-0.2, -0.15) is 0 Å². The van der Waals surface area contributed by atoms with Gasteiger partial charge in [-0.25, -0.2) is 0 Å². The molecule has 4 atom stereocenters. The third kappa shape index (κ3) is 1.74. The number of likely N-dealkylation sites (tertiary alicyclic amines) is 1. The number of aromatic hydroxyl groups is 1. The van der Waals surface area contributed by atoms with Crippen LogP contribution < -0.4 is 4.74 Å². The van der Waals surface area contributed by atoms with Gasteiger partial charge in [0.1, 0.15) is 0 Å². The first-order valence-electron chi connectivity index (χ1n) is 8.65. The van der Waals surface area contributed by atoms with Gasteiger partial charge in [-0.1, -0.05) is 12.1 Å². The Morgan fingerprint density at radius 3 is 2.96 bits per heavy atom. The monoisotopic (exact) mass is 363 g/mol. The van der Waals surface area contributed by atoms with Crippen molar-refractivity contribution in [2.75, 3.05) is 13.1 Å². The minimum Gasteiger partial charge on any atom is -0.504 e. The summed E-state index contributed by atoms with van der Waals surface area (Å²) < 4.78 is 5.98. The maximum Gasteiger partial charge on any atom is 0.174 e. The van der Waals surface area contributed by atoms with E-state index in [0.717, 1.165) is 24.2 Å². The van der Waals surface area contributed by atoms with Crippen molar-refractivity contribution in [3.05, 3.63) is 35.9 Å². The van der Waals surface area contributed by atoms with Crippen LogP contribution in [0.2, 0.25) is 0 Å². The van der Waals surface area contributed by atoms with E-state index >= 15 is 0 Å². The number of nitrogens with zero attached hydrogens (tertiary/aromatic N) is 1. The molecule has 0 radical (unpaired) electrons. The average molecular weight is 364 g/mol. The van der Waals surface area contributed by atoms with E-state index in [0.29, 0.717) is 31.4 Å². The van der Waals surface area contributed by atoms with Gasteiger partial charge >= 0.3 is 0 Å². The van der Waals surface area contributed by atoms with Crippen LogP contribution in [0, 0.1) is 0 Å². The molecule has 134 valence electrons. The van der Waals surface area contributed by atoms with E-state index in [1.807, 2.05) is 12.1 Å². The van der Waals surface area contributed by atoms with E-state index in [1.54, 1.807) is 6.07 Å². The van der Waals surface area contributed by atoms with Crippen molar-refractivity contribution in [3.63, 3.8) is 0 Å². The number of carbonyl (C=O) groups excluding carboxylic acids is 1. The number of halogens is 1. The van der Waals surface area contributed by atoms with Crippen molar-refractivity contribution in [3.8, 4) is 11.5 Å². The van der Waals surface area contributed by atoms with Crippen molar-refractivity contribution in [2.24, 2.45) is 0 Å². The molecule has 2 aliphatic heterocycles. The maximum absolute atomic E-state index is 12.6. The number of phenols is 1. The van der Waals surface area contributed by atoms with Gasteiger partial charge in [0.15, 0.2) is 23.4 Å². The van der Waals surface area contributed by atoms with Gasteiger partial charge in [-0.3, -0.25) is 9.69 Å². The third-order valence-corrected chi connectivity index (χ3v) is 6.73. The highest BCUT2D eigenvalue weighted by Gasteiger charge is 2.72. The minimum atomic E-state index is -1.00. The van der Waals surface area contributed by atoms with E-state index in [-0.39, 0.29) is 30.0 Å². The molecule has 6 heteroatoms. The number of Topliss-reactive ketones (excluding diaryl/α,β-unsaturated/α-hetero) is 1. The number of rotatable bonds is 2. The molecule has 2 aliphatic carbocycles. The lowest BCUT2D eigenvalue weighted by atomic mass is 9.49. The molecule has 2 N–H and O–H groups in total. The zero-order valence-electron chi connectivity index (χ0n) is 13.9. The number of carbonyl (C=O) groups is 1. The number of aliphatic hydroxyl groups is 1. The molecular weight excluding hydrogens is 342 g/mol. The summed E-state index contributed by atoms with van der Waals surface area (Å²) in [6, 6.07) is 3.52. The molecule has 1 saturated carbocycles. The van der Waals surface area contributed by atoms with Crippen LogP contribution in [0.25, 0.3) is 0 Å². The van der Waals surface area contributed by atoms with Crippen molar-refractivity contribution < 1.29 is 19.7 Å². The average Bonchev–Trinajstić information content (AvgIpc) is 2.91. The molecule has 0 aromatic heterocycles. The van der Waals surface area contributed by atoms with Gasteiger partial charge in [-0.05, 0) is 30.9 Å². The minimum absolute atomic E-state index is 0. The summed E-state index contributed by atoms with van der Waals surface area (Å²) >= 11 is 0. The highest BCUT2D eigenvalue weighted by atomic mass is 35.5. The Balaban J connectivity index is 0.00000157. The van der Waals surface area contributed by atoms with Crippen LogP contribution in [-0.2, 0) is 16.6 Å². The van der Waals surface area contributed by atoms with Crippen molar-refractivity contribution in [1.29, 1.82) is 0 Å². The number of hydrogen-bond donors (Lipinski definition) is 2. The largest absolute Gasteiger partial charge is 0.504 e. The molecule has 1 spiro atoms. The summed E-state index contributed by atoms with van der Waals surface area (Å²) in [5.74, 6) is 0.528. The number of hydrogen-bond acceptors (Lipinski definition) is 5. The van der Waals surface area contributed by atoms with Crippen LogP contribution in [0.5, 0.6) is 11.5 Å². The summed E-state index contributed by atoms with van der Waals surface area (Å²) in [5, 5.41) is 22.1. The number of ether oxygens (including phenoxy) is 1. The predicted octanol–water partition coefficient (Wildman–Crippen LogP) is 1.72. The molecule has 0 unspecified atom stereocenters. The third-order valence-electron chi connectivity index (χ3n) is 6.73. The Kier molecular flexibility index (Phi) is 3.53. The quantitative estimate of drug-likeness (QED) is 0.783. The number of phenolic OH excluding ortho intramolecular Hbond substituents is 1. The lowest BCUT2D eigenvalue weighted by molar-refractivity contribution is -0.187. The highest BCUT2D eigenvalue weighted by molar-refractivity contribution is 5.90. The van der Waals surface area contributed by atoms with Crippen LogP contribution >= 0.6 is 12.4 Å². The molecule has 5 rings (SSSR count). The molecule has 4 aliphatic rings. The molecule has 2 heterocycles. The van der Waals surface area contributed by atoms with Crippen LogP contribution in [0.3, 0.4) is 0 Å². The predicted molar refractivity (Wildman–Crippen MR) is 94.5 cm³/mol. The van der Waals surface area contributed by atoms with Gasteiger partial charge < -0.3 is 14.9 Å². The first-order chi connectivity index (χ1) is 11.5. The van der Waals surface area contributed by atoms with E-state index in [2.05, 4.69) is 11.5 Å². The lowest BCUT2D eigenvalue weighted by Crippen LogP contribution is -2.76. The normalized spacial score (nSPS) is 37.7. The maximum atomic E-state index is 12.6. The molecule has 0 amide bonds. The zero-order chi connectivity index (χ0) is 16.7. The lowest BCUT2D eigenvalue weighted by Gasteiger charge is -2.62. The van der Waals surface area contributed by atoms with Crippen LogP contribution in [0.15, 0.2) is 24.8 Å². The molecule has 2 bridgehead atoms. The van der Waals surface area contributed by atoms with Crippen LogP contribution in [0.4, 0.5) is 0 Å². The van der Waals surface area contributed by atoms with Gasteiger partial charge in [0.25, 0.3) is 0 Å². The van der Waals surface area contributed by atoms with E-state index in [1.165, 1.54) is 0 Å². The van der Waals surface area contributed by atoms with Gasteiger partial charge in [0.2, 0.25) is 0 Å². The topological polar surface area (TPSA) is 70.0 Å². The fraction of sp³-hybridized carbons (Fsp3) is 0.526. The van der Waals surface area contributed by atoms with Gasteiger partial charge in [-0.15, -0.1) is 19.0 Å². The molecule has 1 aromatic carbocycles. The Bertz CT molecular complexity index is 781. The second-order valence-electron chi connectivity index (χ2n) is 7.56. The Labute approximate surface area is 152 Å². The van der Waals surface area contributed by atoms with Crippen molar-refractivity contribution in [1.82, 2.24) is 4.90 Å². The highest BCUT2D eigenvalue weighted by Crippen LogP contribution is 2.64. The Morgan fingerprint density at radius 2 is 2.20 bits per heavy atom. The summed E-state index contributed by atoms with van der Waals surface area (Å²) in [6.07, 6.45) is 3.35. The summed E-state index contributed by atoms with van der Waals surface area (Å²) in [7, 11) is 0. The second-order valence-corrected chi connectivity index (χ2v) is 7.56. The molecule has 2 fully saturated rings. The number of piperidine rings is 1. The molecular formula is C19H22ClNO4. The summed E-state index contributed by atoms with van der Waals surface area (Å²) in [5.41, 5.74) is 0.256. The standard InChI is InChI=1S/C19H21NO4.ClH/c1-2-8-20-9-7-18-15-11-3-4-12(21)16(15)24-17(18)13(22)5-6-19(18,23)14(20)10-11;/h2-4,14,17,21,23H,1,5-10H2;1H/t14-,17-,18+,19-;/m1./s1. The van der Waals surface area contributed by atoms with Gasteiger partial charge in [0, 0.05) is 31.1 Å². The fourth-order valence-corrected chi connectivity index (χ4v) is 5.80. The summed E-state index contributed by atoms with van der Waals surface area (Å²) in [6.45, 7) is 5.36. The van der Waals surface area contributed by atoms with Crippen LogP contribution in [0.1, 0.15) is 30.4 Å².